The Morgan fingerprint density at radius 2 is 2.36 bits per heavy atom. The van der Waals surface area contributed by atoms with E-state index < -0.39 is 0 Å². The Hall–Kier alpha value is -1.29. The van der Waals surface area contributed by atoms with E-state index in [9.17, 15) is 0 Å². The molecule has 0 aliphatic heterocycles. The minimum Gasteiger partial charge on any atom is -0.382 e. The number of imidazole rings is 1. The fourth-order valence-corrected chi connectivity index (χ4v) is 1.07. The molecule has 11 heavy (non-hydrogen) atoms. The van der Waals surface area contributed by atoms with Crippen molar-refractivity contribution in [1.29, 1.82) is 0 Å². The molecule has 4 nitrogen and oxygen atoms in total. The molecule has 0 atom stereocenters. The maximum atomic E-state index is 5.79. The Morgan fingerprint density at radius 3 is 3.09 bits per heavy atom. The van der Waals surface area contributed by atoms with Gasteiger partial charge in [-0.1, -0.05) is 11.6 Å². The molecule has 56 valence electrons. The Balaban J connectivity index is 2.94. The fraction of sp³-hybridized carbons (Fsp3) is 0. The molecular formula is C6H5ClN4. The van der Waals surface area contributed by atoms with Gasteiger partial charge in [-0.25, -0.2) is 4.98 Å². The van der Waals surface area contributed by atoms with Crippen LogP contribution in [0.3, 0.4) is 0 Å². The lowest BCUT2D eigenvalue weighted by Gasteiger charge is -1.93. The third-order valence-electron chi connectivity index (χ3n) is 1.38. The molecule has 0 saturated heterocycles. The summed E-state index contributed by atoms with van der Waals surface area (Å²) in [7, 11) is 0. The van der Waals surface area contributed by atoms with Crippen molar-refractivity contribution in [2.45, 2.75) is 0 Å². The summed E-state index contributed by atoms with van der Waals surface area (Å²) in [6.45, 7) is 0. The molecule has 0 aliphatic carbocycles. The van der Waals surface area contributed by atoms with E-state index in [1.165, 1.54) is 10.7 Å². The van der Waals surface area contributed by atoms with Crippen LogP contribution in [-0.2, 0) is 0 Å². The van der Waals surface area contributed by atoms with Gasteiger partial charge in [-0.3, -0.25) is 0 Å². The minimum absolute atomic E-state index is 0.488. The van der Waals surface area contributed by atoms with Crippen molar-refractivity contribution in [2.24, 2.45) is 0 Å². The second-order valence-electron chi connectivity index (χ2n) is 2.10. The summed E-state index contributed by atoms with van der Waals surface area (Å²) in [6.07, 6.45) is 3.10. The van der Waals surface area contributed by atoms with Crippen LogP contribution in [0.2, 0.25) is 5.02 Å². The van der Waals surface area contributed by atoms with E-state index in [0.717, 1.165) is 0 Å². The molecule has 2 heterocycles. The van der Waals surface area contributed by atoms with Crippen LogP contribution in [0.4, 0.5) is 5.82 Å². The molecule has 2 aromatic heterocycles. The Bertz CT molecular complexity index is 394. The average Bonchev–Trinajstić information content (AvgIpc) is 2.35. The summed E-state index contributed by atoms with van der Waals surface area (Å²) < 4.78 is 1.49. The van der Waals surface area contributed by atoms with Crippen LogP contribution < -0.4 is 5.73 Å². The molecule has 0 unspecified atom stereocenters. The van der Waals surface area contributed by atoms with E-state index in [0.29, 0.717) is 16.5 Å². The molecule has 0 radical (unpaired) electrons. The first kappa shape index (κ1) is 6.42. The van der Waals surface area contributed by atoms with Gasteiger partial charge in [-0.05, 0) is 6.07 Å². The molecule has 0 spiro atoms. The third-order valence-corrected chi connectivity index (χ3v) is 1.68. The van der Waals surface area contributed by atoms with Gasteiger partial charge in [0.05, 0.1) is 11.2 Å². The highest BCUT2D eigenvalue weighted by atomic mass is 35.5. The highest BCUT2D eigenvalue weighted by Crippen LogP contribution is 2.15. The predicted octanol–water partition coefficient (Wildman–Crippen LogP) is 0.965. The number of rotatable bonds is 0. The number of hydrogen-bond acceptors (Lipinski definition) is 3. The molecular weight excluding hydrogens is 164 g/mol. The van der Waals surface area contributed by atoms with E-state index in [-0.39, 0.29) is 0 Å². The quantitative estimate of drug-likeness (QED) is 0.638. The van der Waals surface area contributed by atoms with Crippen LogP contribution in [0.1, 0.15) is 0 Å². The summed E-state index contributed by atoms with van der Waals surface area (Å²) in [5.41, 5.74) is 6.11. The first-order valence-electron chi connectivity index (χ1n) is 3.03. The van der Waals surface area contributed by atoms with Gasteiger partial charge >= 0.3 is 0 Å². The maximum Gasteiger partial charge on any atom is 0.174 e. The van der Waals surface area contributed by atoms with E-state index in [2.05, 4.69) is 10.1 Å². The fourth-order valence-electron chi connectivity index (χ4n) is 0.883. The standard InChI is InChI=1S/C6H5ClN4/c7-4-1-2-10-11-5(8)3-9-6(4)11/h1-3H,8H2. The average molecular weight is 169 g/mol. The number of nitrogens with zero attached hydrogens (tertiary/aromatic N) is 3. The number of aromatic nitrogens is 3. The van der Waals surface area contributed by atoms with E-state index >= 15 is 0 Å². The van der Waals surface area contributed by atoms with Crippen molar-refractivity contribution in [1.82, 2.24) is 14.6 Å². The normalized spacial score (nSPS) is 10.6. The van der Waals surface area contributed by atoms with Crippen LogP contribution >= 0.6 is 11.6 Å². The van der Waals surface area contributed by atoms with Crippen LogP contribution in [0.25, 0.3) is 5.65 Å². The first-order valence-corrected chi connectivity index (χ1v) is 3.40. The summed E-state index contributed by atoms with van der Waals surface area (Å²) >= 11 is 5.79. The lowest BCUT2D eigenvalue weighted by atomic mass is 10.5. The van der Waals surface area contributed by atoms with Gasteiger partial charge in [0.1, 0.15) is 5.82 Å². The predicted molar refractivity (Wildman–Crippen MR) is 42.4 cm³/mol. The van der Waals surface area contributed by atoms with Crippen LogP contribution in [0, 0.1) is 0 Å². The molecule has 2 aromatic rings. The number of nitrogen functional groups attached to an aromatic ring is 1. The second-order valence-corrected chi connectivity index (χ2v) is 2.50. The Morgan fingerprint density at radius 1 is 1.55 bits per heavy atom. The zero-order valence-electron chi connectivity index (χ0n) is 5.53. The van der Waals surface area contributed by atoms with Gasteiger partial charge < -0.3 is 5.73 Å². The number of nitrogens with two attached hydrogens (primary N) is 1. The lowest BCUT2D eigenvalue weighted by Crippen LogP contribution is -1.95. The number of anilines is 1. The van der Waals surface area contributed by atoms with E-state index in [4.69, 9.17) is 17.3 Å². The van der Waals surface area contributed by atoms with Crippen LogP contribution in [-0.4, -0.2) is 14.6 Å². The summed E-state index contributed by atoms with van der Waals surface area (Å²) in [4.78, 5) is 3.96. The number of fused-ring (bicyclic) bond motifs is 1. The molecule has 0 fully saturated rings. The minimum atomic E-state index is 0.488. The molecule has 0 saturated carbocycles. The van der Waals surface area contributed by atoms with Gasteiger partial charge in [0.2, 0.25) is 0 Å². The zero-order chi connectivity index (χ0) is 7.84. The third kappa shape index (κ3) is 0.832. The molecule has 2 N–H and O–H groups in total. The number of halogens is 1. The van der Waals surface area contributed by atoms with E-state index in [1.54, 1.807) is 12.3 Å². The van der Waals surface area contributed by atoms with E-state index in [1.807, 2.05) is 0 Å². The second kappa shape index (κ2) is 2.10. The van der Waals surface area contributed by atoms with Gasteiger partial charge in [0, 0.05) is 6.20 Å². The molecule has 0 amide bonds. The topological polar surface area (TPSA) is 56.2 Å². The van der Waals surface area contributed by atoms with Gasteiger partial charge in [0.25, 0.3) is 0 Å². The first-order chi connectivity index (χ1) is 5.29. The van der Waals surface area contributed by atoms with Crippen molar-refractivity contribution in [3.8, 4) is 0 Å². The van der Waals surface area contributed by atoms with Gasteiger partial charge in [0.15, 0.2) is 5.65 Å². The van der Waals surface area contributed by atoms with Crippen molar-refractivity contribution in [2.75, 3.05) is 5.73 Å². The molecule has 2 rings (SSSR count). The van der Waals surface area contributed by atoms with Gasteiger partial charge in [-0.15, -0.1) is 0 Å². The Labute approximate surface area is 67.6 Å². The van der Waals surface area contributed by atoms with Crippen molar-refractivity contribution < 1.29 is 0 Å². The van der Waals surface area contributed by atoms with Crippen molar-refractivity contribution in [3.05, 3.63) is 23.5 Å². The van der Waals surface area contributed by atoms with Crippen LogP contribution in [0.5, 0.6) is 0 Å². The molecule has 5 heteroatoms. The zero-order valence-corrected chi connectivity index (χ0v) is 6.28. The van der Waals surface area contributed by atoms with Crippen LogP contribution in [0.15, 0.2) is 18.5 Å². The highest BCUT2D eigenvalue weighted by Gasteiger charge is 2.02. The molecule has 0 aromatic carbocycles. The van der Waals surface area contributed by atoms with Crippen molar-refractivity contribution >= 4 is 23.1 Å². The largest absolute Gasteiger partial charge is 0.382 e. The molecule has 0 aliphatic rings. The summed E-state index contributed by atoms with van der Waals surface area (Å²) in [6, 6.07) is 1.67. The lowest BCUT2D eigenvalue weighted by molar-refractivity contribution is 0.946. The van der Waals surface area contributed by atoms with Crippen molar-refractivity contribution in [3.63, 3.8) is 0 Å². The Kier molecular flexibility index (Phi) is 1.22. The monoisotopic (exact) mass is 168 g/mol. The summed E-state index contributed by atoms with van der Waals surface area (Å²) in [5.74, 6) is 0.488. The SMILES string of the molecule is Nc1cnc2c(Cl)ccnn12. The smallest absolute Gasteiger partial charge is 0.174 e. The highest BCUT2D eigenvalue weighted by molar-refractivity contribution is 6.33. The maximum absolute atomic E-state index is 5.79. The summed E-state index contributed by atoms with van der Waals surface area (Å²) in [5, 5.41) is 4.50. The van der Waals surface area contributed by atoms with Gasteiger partial charge in [-0.2, -0.15) is 9.61 Å². The number of hydrogen-bond donors (Lipinski definition) is 1. The molecule has 0 bridgehead atoms.